The van der Waals surface area contributed by atoms with Gasteiger partial charge in [-0.1, -0.05) is 32.1 Å². The first-order chi connectivity index (χ1) is 6.35. The van der Waals surface area contributed by atoms with Crippen molar-refractivity contribution in [3.8, 4) is 0 Å². The highest BCUT2D eigenvalue weighted by Gasteiger charge is 2.09. The van der Waals surface area contributed by atoms with Crippen LogP contribution < -0.4 is 21.7 Å². The molecule has 0 heterocycles. The fourth-order valence-electron chi connectivity index (χ4n) is 1.23. The third kappa shape index (κ3) is 15.0. The molecule has 0 aromatic heterocycles. The van der Waals surface area contributed by atoms with Crippen LogP contribution in [0.2, 0.25) is 0 Å². The van der Waals surface area contributed by atoms with Crippen LogP contribution in [0.25, 0.3) is 0 Å². The first kappa shape index (κ1) is 20.0. The van der Waals surface area contributed by atoms with Gasteiger partial charge in [-0.3, -0.25) is 16.4 Å². The van der Waals surface area contributed by atoms with Gasteiger partial charge in [-0.15, -0.1) is 12.4 Å². The summed E-state index contributed by atoms with van der Waals surface area (Å²) in [6.45, 7) is 0. The lowest BCUT2D eigenvalue weighted by Gasteiger charge is -2.19. The van der Waals surface area contributed by atoms with Gasteiger partial charge in [-0.05, 0) is 26.9 Å². The number of nitrogens with two attached hydrogens (primary N) is 2. The number of hydrazine groups is 1. The summed E-state index contributed by atoms with van der Waals surface area (Å²) >= 11 is 4.01. The van der Waals surface area contributed by atoms with Crippen molar-refractivity contribution in [1.82, 2.24) is 10.0 Å². The molecule has 0 aliphatic heterocycles. The number of thiol groups is 1. The third-order valence-corrected chi connectivity index (χ3v) is 2.15. The Morgan fingerprint density at radius 3 is 1.64 bits per heavy atom. The van der Waals surface area contributed by atoms with Crippen molar-refractivity contribution in [2.24, 2.45) is 11.7 Å². The summed E-state index contributed by atoms with van der Waals surface area (Å²) < 4.78 is 3.00. The molecule has 0 atom stereocenters. The van der Waals surface area contributed by atoms with Crippen molar-refractivity contribution in [1.29, 1.82) is 0 Å². The normalized spacial score (nSPS) is 15.2. The summed E-state index contributed by atoms with van der Waals surface area (Å²) in [6, 6.07) is 0.701. The van der Waals surface area contributed by atoms with Gasteiger partial charge in [-0.2, -0.15) is 0 Å². The first-order valence-electron chi connectivity index (χ1n) is 4.66. The van der Waals surface area contributed by atoms with Crippen LogP contribution in [0.5, 0.6) is 0 Å². The summed E-state index contributed by atoms with van der Waals surface area (Å²) in [5.41, 5.74) is 0. The lowest BCUT2D eigenvalue weighted by atomic mass is 9.96. The minimum absolute atomic E-state index is 0. The highest BCUT2D eigenvalue weighted by atomic mass is 35.5. The molecule has 1 aliphatic rings. The van der Waals surface area contributed by atoms with Crippen LogP contribution in [0.1, 0.15) is 32.1 Å². The maximum atomic E-state index is 4.01. The molecule has 0 bridgehead atoms. The SMILES string of the molecule is CNC.Cl.NN.SNC1CCCCC1. The van der Waals surface area contributed by atoms with E-state index in [4.69, 9.17) is 0 Å². The van der Waals surface area contributed by atoms with Crippen LogP contribution in [0, 0.1) is 0 Å². The molecule has 0 amide bonds. The number of hydrogen-bond donors (Lipinski definition) is 5. The second-order valence-corrected chi connectivity index (χ2v) is 3.22. The molecule has 0 aromatic carbocycles. The molecule has 1 fully saturated rings. The minimum Gasteiger partial charge on any atom is -0.323 e. The number of hydrogen-bond acceptors (Lipinski definition) is 5. The Morgan fingerprint density at radius 2 is 1.43 bits per heavy atom. The summed E-state index contributed by atoms with van der Waals surface area (Å²) in [5.74, 6) is 8.00. The largest absolute Gasteiger partial charge is 0.323 e. The molecule has 6 heteroatoms. The average Bonchev–Trinajstić information content (AvgIpc) is 2.23. The lowest BCUT2D eigenvalue weighted by Crippen LogP contribution is -2.23. The molecule has 0 saturated heterocycles. The van der Waals surface area contributed by atoms with E-state index < -0.39 is 0 Å². The van der Waals surface area contributed by atoms with E-state index in [-0.39, 0.29) is 12.4 Å². The number of nitrogens with one attached hydrogen (secondary N) is 2. The quantitative estimate of drug-likeness (QED) is 0.269. The molecule has 1 aliphatic carbocycles. The van der Waals surface area contributed by atoms with Crippen LogP contribution in [0.4, 0.5) is 0 Å². The van der Waals surface area contributed by atoms with Crippen molar-refractivity contribution in [2.45, 2.75) is 38.1 Å². The van der Waals surface area contributed by atoms with E-state index in [9.17, 15) is 0 Å². The van der Waals surface area contributed by atoms with Crippen LogP contribution in [-0.2, 0) is 0 Å². The summed E-state index contributed by atoms with van der Waals surface area (Å²) in [4.78, 5) is 0. The molecular weight excluding hydrogens is 220 g/mol. The molecule has 90 valence electrons. The van der Waals surface area contributed by atoms with Crippen molar-refractivity contribution >= 4 is 25.2 Å². The zero-order valence-electron chi connectivity index (χ0n) is 9.12. The maximum Gasteiger partial charge on any atom is 0.0169 e. The molecular formula is C8H25ClN4S. The highest BCUT2D eigenvalue weighted by Crippen LogP contribution is 2.17. The van der Waals surface area contributed by atoms with Gasteiger partial charge in [0.2, 0.25) is 0 Å². The first-order valence-corrected chi connectivity index (χ1v) is 5.11. The van der Waals surface area contributed by atoms with Gasteiger partial charge < -0.3 is 5.32 Å². The maximum absolute atomic E-state index is 4.01. The summed E-state index contributed by atoms with van der Waals surface area (Å²) in [7, 11) is 3.75. The Bertz CT molecular complexity index is 81.7. The summed E-state index contributed by atoms with van der Waals surface area (Å²) in [6.07, 6.45) is 6.84. The van der Waals surface area contributed by atoms with Crippen LogP contribution in [0.15, 0.2) is 0 Å². The molecule has 14 heavy (non-hydrogen) atoms. The zero-order valence-corrected chi connectivity index (χ0v) is 10.8. The Kier molecular flexibility index (Phi) is 27.3. The van der Waals surface area contributed by atoms with E-state index in [0.29, 0.717) is 6.04 Å². The fourth-order valence-corrected chi connectivity index (χ4v) is 1.49. The zero-order chi connectivity index (χ0) is 10.5. The Hall–Kier alpha value is 0.480. The van der Waals surface area contributed by atoms with E-state index in [1.54, 1.807) is 0 Å². The van der Waals surface area contributed by atoms with Crippen LogP contribution >= 0.6 is 25.2 Å². The fraction of sp³-hybridized carbons (Fsp3) is 1.00. The Balaban J connectivity index is -0.000000176. The van der Waals surface area contributed by atoms with E-state index in [1.807, 2.05) is 14.1 Å². The molecule has 1 saturated carbocycles. The van der Waals surface area contributed by atoms with Gasteiger partial charge in [0.05, 0.1) is 0 Å². The monoisotopic (exact) mass is 244 g/mol. The van der Waals surface area contributed by atoms with Crippen LogP contribution in [-0.4, -0.2) is 20.1 Å². The van der Waals surface area contributed by atoms with E-state index >= 15 is 0 Å². The topological polar surface area (TPSA) is 76.1 Å². The molecule has 4 nitrogen and oxygen atoms in total. The molecule has 0 spiro atoms. The number of rotatable bonds is 1. The molecule has 6 N–H and O–H groups in total. The predicted molar refractivity (Wildman–Crippen MR) is 69.6 cm³/mol. The Morgan fingerprint density at radius 1 is 1.07 bits per heavy atom. The molecule has 0 unspecified atom stereocenters. The van der Waals surface area contributed by atoms with Crippen molar-refractivity contribution < 1.29 is 0 Å². The predicted octanol–water partition coefficient (Wildman–Crippen LogP) is 0.830. The molecule has 1 rings (SSSR count). The van der Waals surface area contributed by atoms with Crippen molar-refractivity contribution in [2.75, 3.05) is 14.1 Å². The van der Waals surface area contributed by atoms with E-state index in [0.717, 1.165) is 0 Å². The van der Waals surface area contributed by atoms with Gasteiger partial charge in [0.15, 0.2) is 0 Å². The van der Waals surface area contributed by atoms with E-state index in [2.05, 4.69) is 34.5 Å². The second kappa shape index (κ2) is 19.1. The van der Waals surface area contributed by atoms with E-state index in [1.165, 1.54) is 32.1 Å². The van der Waals surface area contributed by atoms with Crippen molar-refractivity contribution in [3.63, 3.8) is 0 Å². The van der Waals surface area contributed by atoms with Gasteiger partial charge in [0.25, 0.3) is 0 Å². The average molecular weight is 245 g/mol. The molecule has 0 aromatic rings. The minimum atomic E-state index is 0. The standard InChI is InChI=1S/C6H13NS.C2H7N.ClH.H4N2/c8-7-6-4-2-1-3-5-6;1-3-2;;1-2/h6-8H,1-5H2;3H,1-2H3;1H;1-2H2. The summed E-state index contributed by atoms with van der Waals surface area (Å²) in [5, 5.41) is 2.75. The van der Waals surface area contributed by atoms with Gasteiger partial charge in [0.1, 0.15) is 0 Å². The second-order valence-electron chi connectivity index (χ2n) is 2.96. The molecule has 0 radical (unpaired) electrons. The van der Waals surface area contributed by atoms with Gasteiger partial charge in [-0.25, -0.2) is 0 Å². The highest BCUT2D eigenvalue weighted by molar-refractivity contribution is 7.78. The van der Waals surface area contributed by atoms with Gasteiger partial charge >= 0.3 is 0 Å². The smallest absolute Gasteiger partial charge is 0.0169 e. The Labute approximate surface area is 99.5 Å². The lowest BCUT2D eigenvalue weighted by molar-refractivity contribution is 0.424. The van der Waals surface area contributed by atoms with Crippen molar-refractivity contribution in [3.05, 3.63) is 0 Å². The third-order valence-electron chi connectivity index (χ3n) is 1.79. The van der Waals surface area contributed by atoms with Crippen LogP contribution in [0.3, 0.4) is 0 Å². The number of halogens is 1. The van der Waals surface area contributed by atoms with Gasteiger partial charge in [0, 0.05) is 6.04 Å².